The van der Waals surface area contributed by atoms with Gasteiger partial charge in [-0.05, 0) is 75.7 Å². The molecule has 2 nitrogen and oxygen atoms in total. The first-order chi connectivity index (χ1) is 13.5. The van der Waals surface area contributed by atoms with E-state index in [2.05, 4.69) is 57.6 Å². The van der Waals surface area contributed by atoms with Crippen molar-refractivity contribution < 1.29 is 22.3 Å². The van der Waals surface area contributed by atoms with Crippen molar-refractivity contribution in [1.82, 2.24) is 4.98 Å². The molecule has 0 bridgehead atoms. The van der Waals surface area contributed by atoms with Crippen LogP contribution in [0.1, 0.15) is 75.9 Å². The zero-order valence-electron chi connectivity index (χ0n) is 18.2. The molecular weight excluding hydrogens is 379 g/mol. The zero-order chi connectivity index (χ0) is 21.9. The van der Waals surface area contributed by atoms with Crippen molar-refractivity contribution in [2.24, 2.45) is 0 Å². The zero-order valence-corrected chi connectivity index (χ0v) is 18.2. The largest absolute Gasteiger partial charge is 0.673 e. The predicted molar refractivity (Wildman–Crippen MR) is 113 cm³/mol. The molecule has 1 aliphatic heterocycles. The third-order valence-electron chi connectivity index (χ3n) is 5.78. The maximum absolute atomic E-state index is 9.75. The van der Waals surface area contributed by atoms with Crippen molar-refractivity contribution in [1.29, 1.82) is 0 Å². The molecule has 7 heteroatoms. The molecule has 160 valence electrons. The fourth-order valence-corrected chi connectivity index (χ4v) is 4.50. The lowest BCUT2D eigenvalue weighted by Crippen LogP contribution is -2.68. The van der Waals surface area contributed by atoms with Crippen LogP contribution in [0.25, 0.3) is 5.57 Å². The first-order valence-electron chi connectivity index (χ1n) is 10.3. The number of halogens is 4. The van der Waals surface area contributed by atoms with Crippen LogP contribution in [-0.4, -0.2) is 18.0 Å². The number of hydrogen-bond donors (Lipinski definition) is 2. The van der Waals surface area contributed by atoms with E-state index in [1.165, 1.54) is 75.5 Å². The van der Waals surface area contributed by atoms with Crippen LogP contribution in [0.15, 0.2) is 28.5 Å². The van der Waals surface area contributed by atoms with Crippen LogP contribution in [0.5, 0.6) is 0 Å². The Hall–Kier alpha value is -2.05. The fourth-order valence-electron chi connectivity index (χ4n) is 4.50. The number of rotatable bonds is 3. The van der Waals surface area contributed by atoms with Crippen molar-refractivity contribution in [2.45, 2.75) is 73.6 Å². The fraction of sp³-hybridized carbons (Fsp3) is 0.500. The van der Waals surface area contributed by atoms with Crippen LogP contribution in [0.4, 0.5) is 17.3 Å². The van der Waals surface area contributed by atoms with E-state index in [1.807, 2.05) is 0 Å². The topological polar surface area (TPSA) is 29.8 Å². The molecule has 2 aliphatic rings. The molecule has 0 aromatic carbocycles. The molecule has 0 fully saturated rings. The molecular formula is C22H31BF4N2. The lowest BCUT2D eigenvalue weighted by Gasteiger charge is -2.15. The highest BCUT2D eigenvalue weighted by Crippen LogP contribution is 2.35. The molecule has 0 saturated heterocycles. The van der Waals surface area contributed by atoms with E-state index in [-0.39, 0.29) is 0 Å². The highest BCUT2D eigenvalue weighted by atomic mass is 19.5. The van der Waals surface area contributed by atoms with E-state index < -0.39 is 7.25 Å². The van der Waals surface area contributed by atoms with Gasteiger partial charge in [0, 0.05) is 35.0 Å². The van der Waals surface area contributed by atoms with Gasteiger partial charge in [-0.2, -0.15) is 0 Å². The molecule has 0 unspecified atom stereocenters. The summed E-state index contributed by atoms with van der Waals surface area (Å²) >= 11 is 0. The van der Waals surface area contributed by atoms with E-state index in [9.17, 15) is 17.3 Å². The molecule has 1 aromatic heterocycles. The number of aromatic nitrogens is 1. The summed E-state index contributed by atoms with van der Waals surface area (Å²) in [5.74, 6) is 0. The summed E-state index contributed by atoms with van der Waals surface area (Å²) in [4.78, 5) is 7.31. The monoisotopic (exact) mass is 410 g/mol. The predicted octanol–water partition coefficient (Wildman–Crippen LogP) is 5.60. The SMILES string of the molecule is CCC1=C(C)C(=C2C=C(c3[nH]c(C)c(CC)c3C)CCC2)[NH+]=C1C.F[B-](F)(F)F. The van der Waals surface area contributed by atoms with Gasteiger partial charge in [0.2, 0.25) is 5.70 Å². The third kappa shape index (κ3) is 5.52. The standard InChI is InChI=1S/C22H30N2.BF4/c1-7-19-13(3)21(23-15(19)5)17-10-9-11-18(12-17)22-14(4)20(8-2)16(6)24-22;2-1(3,4)5/h12,23H,7-11H2,1-6H3;/q;-1/p+1. The second-order valence-corrected chi connectivity index (χ2v) is 7.71. The van der Waals surface area contributed by atoms with Gasteiger partial charge in [-0.3, -0.25) is 0 Å². The van der Waals surface area contributed by atoms with Crippen LogP contribution in [0, 0.1) is 13.8 Å². The highest BCUT2D eigenvalue weighted by molar-refractivity contribution is 6.50. The van der Waals surface area contributed by atoms with Gasteiger partial charge in [-0.15, -0.1) is 0 Å². The first-order valence-corrected chi connectivity index (χ1v) is 10.3. The molecule has 0 spiro atoms. The van der Waals surface area contributed by atoms with Crippen LogP contribution >= 0.6 is 0 Å². The van der Waals surface area contributed by atoms with E-state index in [4.69, 9.17) is 0 Å². The average molecular weight is 410 g/mol. The lowest BCUT2D eigenvalue weighted by molar-refractivity contribution is -0.389. The molecule has 2 heterocycles. The van der Waals surface area contributed by atoms with E-state index in [1.54, 1.807) is 0 Å². The lowest BCUT2D eigenvalue weighted by atomic mass is 9.89. The summed E-state index contributed by atoms with van der Waals surface area (Å²) in [6.07, 6.45) is 8.23. The summed E-state index contributed by atoms with van der Waals surface area (Å²) in [5.41, 5.74) is 14.2. The Morgan fingerprint density at radius 3 is 2.10 bits per heavy atom. The Kier molecular flexibility index (Phi) is 7.36. The smallest absolute Gasteiger partial charge is 0.418 e. The van der Waals surface area contributed by atoms with Crippen LogP contribution < -0.4 is 4.99 Å². The molecule has 0 amide bonds. The number of hydrogen-bond acceptors (Lipinski definition) is 0. The number of aryl methyl sites for hydroxylation is 1. The summed E-state index contributed by atoms with van der Waals surface area (Å²) in [7, 11) is -6.00. The Balaban J connectivity index is 0.000000537. The number of aromatic amines is 1. The summed E-state index contributed by atoms with van der Waals surface area (Å²) in [6, 6.07) is 0. The molecule has 0 saturated carbocycles. The minimum absolute atomic E-state index is 1.10. The third-order valence-corrected chi connectivity index (χ3v) is 5.78. The second kappa shape index (κ2) is 9.18. The van der Waals surface area contributed by atoms with Gasteiger partial charge in [-0.1, -0.05) is 13.8 Å². The molecule has 1 aliphatic carbocycles. The van der Waals surface area contributed by atoms with Gasteiger partial charge in [0.1, 0.15) is 0 Å². The molecule has 3 rings (SSSR count). The van der Waals surface area contributed by atoms with E-state index in [0.717, 1.165) is 12.8 Å². The number of nitrogens with one attached hydrogen (secondary N) is 2. The van der Waals surface area contributed by atoms with Crippen molar-refractivity contribution in [2.75, 3.05) is 0 Å². The molecule has 1 aromatic rings. The molecule has 29 heavy (non-hydrogen) atoms. The minimum Gasteiger partial charge on any atom is -0.418 e. The normalized spacial score (nSPS) is 19.8. The van der Waals surface area contributed by atoms with Gasteiger partial charge >= 0.3 is 7.25 Å². The maximum Gasteiger partial charge on any atom is 0.673 e. The maximum atomic E-state index is 9.75. The van der Waals surface area contributed by atoms with Crippen molar-refractivity contribution >= 4 is 18.5 Å². The molecule has 0 atom stereocenters. The van der Waals surface area contributed by atoms with Crippen molar-refractivity contribution in [3.8, 4) is 0 Å². The van der Waals surface area contributed by atoms with Crippen LogP contribution in [0.2, 0.25) is 0 Å². The Bertz CT molecular complexity index is 893. The Morgan fingerprint density at radius 1 is 1.00 bits per heavy atom. The number of allylic oxidation sites excluding steroid dienone is 5. The van der Waals surface area contributed by atoms with Crippen LogP contribution in [-0.2, 0) is 6.42 Å². The Labute approximate surface area is 171 Å². The first kappa shape index (κ1) is 23.2. The minimum atomic E-state index is -6.00. The number of H-pyrrole nitrogens is 1. The highest BCUT2D eigenvalue weighted by Gasteiger charge is 2.27. The van der Waals surface area contributed by atoms with Gasteiger partial charge in [0.05, 0.1) is 0 Å². The van der Waals surface area contributed by atoms with Crippen molar-refractivity contribution in [3.63, 3.8) is 0 Å². The average Bonchev–Trinajstić information content (AvgIpc) is 3.08. The summed E-state index contributed by atoms with van der Waals surface area (Å²) in [6.45, 7) is 13.4. The van der Waals surface area contributed by atoms with Gasteiger partial charge < -0.3 is 22.2 Å². The molecule has 0 radical (unpaired) electrons. The van der Waals surface area contributed by atoms with Crippen LogP contribution in [0.3, 0.4) is 0 Å². The summed E-state index contributed by atoms with van der Waals surface area (Å²) < 4.78 is 39.0. The van der Waals surface area contributed by atoms with Gasteiger partial charge in [0.15, 0.2) is 5.71 Å². The van der Waals surface area contributed by atoms with Gasteiger partial charge in [-0.25, -0.2) is 4.99 Å². The van der Waals surface area contributed by atoms with Gasteiger partial charge in [0.25, 0.3) is 0 Å². The summed E-state index contributed by atoms with van der Waals surface area (Å²) in [5, 5.41) is 0. The van der Waals surface area contributed by atoms with E-state index >= 15 is 0 Å². The Morgan fingerprint density at radius 2 is 1.62 bits per heavy atom. The second-order valence-electron chi connectivity index (χ2n) is 7.71. The molecule has 2 N–H and O–H groups in total. The quantitative estimate of drug-likeness (QED) is 0.480. The van der Waals surface area contributed by atoms with E-state index in [0.29, 0.717) is 0 Å². The van der Waals surface area contributed by atoms with Crippen molar-refractivity contribution in [3.05, 3.63) is 51.0 Å².